The van der Waals surface area contributed by atoms with Crippen molar-refractivity contribution in [3.63, 3.8) is 0 Å². The topological polar surface area (TPSA) is 51.8 Å². The highest BCUT2D eigenvalue weighted by molar-refractivity contribution is 14.1. The number of rotatable bonds is 1. The second-order valence-electron chi connectivity index (χ2n) is 6.84. The van der Waals surface area contributed by atoms with E-state index in [-0.39, 0.29) is 5.41 Å². The number of nitrogens with two attached hydrogens (primary N) is 1. The molecule has 2 rings (SSSR count). The highest BCUT2D eigenvalue weighted by Gasteiger charge is 2.27. The van der Waals surface area contributed by atoms with Gasteiger partial charge in [-0.25, -0.2) is 9.97 Å². The van der Waals surface area contributed by atoms with Gasteiger partial charge in [0.05, 0.1) is 9.26 Å². The van der Waals surface area contributed by atoms with Gasteiger partial charge in [-0.3, -0.25) is 0 Å². The van der Waals surface area contributed by atoms with Crippen LogP contribution in [0.3, 0.4) is 0 Å². The monoisotopic (exact) mass is 373 g/mol. The van der Waals surface area contributed by atoms with E-state index in [0.717, 1.165) is 21.0 Å². The predicted molar refractivity (Wildman–Crippen MR) is 88.2 cm³/mol. The Kier molecular flexibility index (Phi) is 4.38. The smallest absolute Gasteiger partial charge is 0.140 e. The second kappa shape index (κ2) is 5.54. The van der Waals surface area contributed by atoms with Gasteiger partial charge < -0.3 is 5.73 Å². The SMILES string of the molecule is CC1CCC(c2nc(N)c(I)c(C(C)(C)C)n2)CC1. The van der Waals surface area contributed by atoms with Crippen molar-refractivity contribution in [1.82, 2.24) is 9.97 Å². The molecule has 1 aromatic rings. The van der Waals surface area contributed by atoms with Crippen LogP contribution in [0.1, 0.15) is 70.8 Å². The average Bonchev–Trinajstić information content (AvgIpc) is 2.32. The third-order valence-electron chi connectivity index (χ3n) is 3.99. The molecule has 0 unspecified atom stereocenters. The summed E-state index contributed by atoms with van der Waals surface area (Å²) in [6, 6.07) is 0. The van der Waals surface area contributed by atoms with E-state index in [4.69, 9.17) is 10.7 Å². The average molecular weight is 373 g/mol. The van der Waals surface area contributed by atoms with Gasteiger partial charge in [-0.05, 0) is 41.4 Å². The number of nitrogens with zero attached hydrogens (tertiary/aromatic N) is 2. The molecule has 1 heterocycles. The molecule has 3 nitrogen and oxygen atoms in total. The first kappa shape index (κ1) is 15.0. The molecule has 0 bridgehead atoms. The lowest BCUT2D eigenvalue weighted by Crippen LogP contribution is -2.22. The van der Waals surface area contributed by atoms with Crippen LogP contribution < -0.4 is 5.73 Å². The molecule has 0 atom stereocenters. The van der Waals surface area contributed by atoms with Crippen LogP contribution in [-0.2, 0) is 5.41 Å². The standard InChI is InChI=1S/C15H24IN3/c1-9-5-7-10(8-6-9)14-18-12(15(2,3)4)11(16)13(17)19-14/h9-10H,5-8H2,1-4H3,(H2,17,18,19). The maximum Gasteiger partial charge on any atom is 0.140 e. The van der Waals surface area contributed by atoms with Gasteiger partial charge in [0.1, 0.15) is 11.6 Å². The maximum atomic E-state index is 6.09. The van der Waals surface area contributed by atoms with Crippen molar-refractivity contribution in [3.05, 3.63) is 15.1 Å². The van der Waals surface area contributed by atoms with Crippen molar-refractivity contribution in [2.45, 2.75) is 64.7 Å². The molecule has 0 amide bonds. The van der Waals surface area contributed by atoms with Gasteiger partial charge in [-0.15, -0.1) is 0 Å². The van der Waals surface area contributed by atoms with Gasteiger partial charge >= 0.3 is 0 Å². The molecule has 1 aliphatic carbocycles. The van der Waals surface area contributed by atoms with Gasteiger partial charge in [0.15, 0.2) is 0 Å². The summed E-state index contributed by atoms with van der Waals surface area (Å²) in [4.78, 5) is 9.41. The molecule has 1 saturated carbocycles. The first-order valence-corrected chi connectivity index (χ1v) is 8.20. The quantitative estimate of drug-likeness (QED) is 0.749. The first-order chi connectivity index (χ1) is 8.79. The van der Waals surface area contributed by atoms with Gasteiger partial charge in [0.25, 0.3) is 0 Å². The largest absolute Gasteiger partial charge is 0.383 e. The van der Waals surface area contributed by atoms with Crippen molar-refractivity contribution in [3.8, 4) is 0 Å². The van der Waals surface area contributed by atoms with Crippen LogP contribution in [-0.4, -0.2) is 9.97 Å². The minimum absolute atomic E-state index is 0.0181. The summed E-state index contributed by atoms with van der Waals surface area (Å²) in [5.41, 5.74) is 7.20. The Hall–Kier alpha value is -0.390. The predicted octanol–water partition coefficient (Wildman–Crippen LogP) is 4.25. The lowest BCUT2D eigenvalue weighted by molar-refractivity contribution is 0.338. The molecule has 106 valence electrons. The second-order valence-corrected chi connectivity index (χ2v) is 7.92. The minimum atomic E-state index is 0.0181. The molecule has 0 aliphatic heterocycles. The third-order valence-corrected chi connectivity index (χ3v) is 5.05. The Balaban J connectivity index is 2.34. The molecule has 2 N–H and O–H groups in total. The van der Waals surface area contributed by atoms with Crippen LogP contribution in [0.4, 0.5) is 5.82 Å². The fourth-order valence-corrected chi connectivity index (χ4v) is 3.73. The number of hydrogen-bond donors (Lipinski definition) is 1. The van der Waals surface area contributed by atoms with Crippen molar-refractivity contribution in [2.24, 2.45) is 5.92 Å². The van der Waals surface area contributed by atoms with Crippen LogP contribution in [0.2, 0.25) is 0 Å². The zero-order valence-electron chi connectivity index (χ0n) is 12.3. The summed E-state index contributed by atoms with van der Waals surface area (Å²) in [7, 11) is 0. The summed E-state index contributed by atoms with van der Waals surface area (Å²) in [6.45, 7) is 8.89. The van der Waals surface area contributed by atoms with E-state index in [1.807, 2.05) is 0 Å². The summed E-state index contributed by atoms with van der Waals surface area (Å²) in [5, 5.41) is 0. The lowest BCUT2D eigenvalue weighted by Gasteiger charge is -2.27. The zero-order chi connectivity index (χ0) is 14.2. The molecule has 4 heteroatoms. The molecular formula is C15H24IN3. The summed E-state index contributed by atoms with van der Waals surface area (Å²) in [6.07, 6.45) is 4.96. The van der Waals surface area contributed by atoms with Crippen molar-refractivity contribution in [2.75, 3.05) is 5.73 Å². The van der Waals surface area contributed by atoms with E-state index in [2.05, 4.69) is 55.3 Å². The lowest BCUT2D eigenvalue weighted by atomic mass is 9.82. The van der Waals surface area contributed by atoms with Crippen LogP contribution in [0.15, 0.2) is 0 Å². The van der Waals surface area contributed by atoms with Crippen LogP contribution >= 0.6 is 22.6 Å². The Morgan fingerprint density at radius 3 is 2.21 bits per heavy atom. The molecule has 19 heavy (non-hydrogen) atoms. The molecular weight excluding hydrogens is 349 g/mol. The Morgan fingerprint density at radius 2 is 1.68 bits per heavy atom. The van der Waals surface area contributed by atoms with Gasteiger partial charge in [0.2, 0.25) is 0 Å². The number of nitrogen functional groups attached to an aromatic ring is 1. The Bertz CT molecular complexity index is 457. The molecule has 0 spiro atoms. The zero-order valence-corrected chi connectivity index (χ0v) is 14.5. The molecule has 1 aliphatic rings. The molecule has 0 radical (unpaired) electrons. The Morgan fingerprint density at radius 1 is 1.11 bits per heavy atom. The van der Waals surface area contributed by atoms with E-state index in [0.29, 0.717) is 11.7 Å². The van der Waals surface area contributed by atoms with Crippen molar-refractivity contribution in [1.29, 1.82) is 0 Å². The maximum absolute atomic E-state index is 6.09. The van der Waals surface area contributed by atoms with E-state index >= 15 is 0 Å². The van der Waals surface area contributed by atoms with Gasteiger partial charge in [0, 0.05) is 11.3 Å². The molecule has 0 aromatic carbocycles. The van der Waals surface area contributed by atoms with Gasteiger partial charge in [-0.1, -0.05) is 40.5 Å². The number of halogens is 1. The fraction of sp³-hybridized carbons (Fsp3) is 0.733. The highest BCUT2D eigenvalue weighted by Crippen LogP contribution is 2.36. The Labute approximate surface area is 129 Å². The number of anilines is 1. The normalized spacial score (nSPS) is 24.5. The van der Waals surface area contributed by atoms with Crippen molar-refractivity contribution < 1.29 is 0 Å². The minimum Gasteiger partial charge on any atom is -0.383 e. The molecule has 1 aromatic heterocycles. The highest BCUT2D eigenvalue weighted by atomic mass is 127. The van der Waals surface area contributed by atoms with Crippen LogP contribution in [0, 0.1) is 9.49 Å². The van der Waals surface area contributed by atoms with E-state index in [1.54, 1.807) is 0 Å². The van der Waals surface area contributed by atoms with Crippen molar-refractivity contribution >= 4 is 28.4 Å². The molecule has 1 fully saturated rings. The van der Waals surface area contributed by atoms with E-state index in [1.165, 1.54) is 25.7 Å². The summed E-state index contributed by atoms with van der Waals surface area (Å²) < 4.78 is 1.01. The molecule has 0 saturated heterocycles. The summed E-state index contributed by atoms with van der Waals surface area (Å²) in [5.74, 6) is 2.96. The first-order valence-electron chi connectivity index (χ1n) is 7.12. The van der Waals surface area contributed by atoms with E-state index < -0.39 is 0 Å². The van der Waals surface area contributed by atoms with Gasteiger partial charge in [-0.2, -0.15) is 0 Å². The summed E-state index contributed by atoms with van der Waals surface area (Å²) >= 11 is 2.27. The third kappa shape index (κ3) is 3.38. The van der Waals surface area contributed by atoms with E-state index in [9.17, 15) is 0 Å². The fourth-order valence-electron chi connectivity index (χ4n) is 2.68. The number of aromatic nitrogens is 2. The van der Waals surface area contributed by atoms with Crippen LogP contribution in [0.5, 0.6) is 0 Å². The van der Waals surface area contributed by atoms with Crippen LogP contribution in [0.25, 0.3) is 0 Å². The number of hydrogen-bond acceptors (Lipinski definition) is 3.